The van der Waals surface area contributed by atoms with Crippen molar-refractivity contribution in [2.45, 2.75) is 52.9 Å². The molecule has 1 N–H and O–H groups in total. The average molecular weight is 332 g/mol. The van der Waals surface area contributed by atoms with Gasteiger partial charge >= 0.3 is 0 Å². The van der Waals surface area contributed by atoms with E-state index in [-0.39, 0.29) is 6.61 Å². The molecule has 1 aliphatic heterocycles. The molecule has 0 bridgehead atoms. The molecule has 0 atom stereocenters. The van der Waals surface area contributed by atoms with Gasteiger partial charge in [-0.15, -0.1) is 0 Å². The largest absolute Gasteiger partial charge is 0.388 e. The Morgan fingerprint density at radius 1 is 1.35 bits per heavy atom. The monoisotopic (exact) mass is 332 g/mol. The molecule has 2 heterocycles. The average Bonchev–Trinajstić information content (AvgIpc) is 2.84. The summed E-state index contributed by atoms with van der Waals surface area (Å²) in [5.74, 6) is 0.651. The number of aliphatic hydroxyl groups is 1. The number of aryl methyl sites for hydroxylation is 2. The van der Waals surface area contributed by atoms with Crippen LogP contribution in [0, 0.1) is 11.7 Å². The normalized spacial score (nSPS) is 14.1. The van der Waals surface area contributed by atoms with E-state index in [0.29, 0.717) is 17.3 Å². The zero-order valence-electron chi connectivity index (χ0n) is 13.8. The van der Waals surface area contributed by atoms with Crippen LogP contribution < -0.4 is 4.90 Å². The Bertz CT molecular complexity index is 750. The number of hydrogen-bond acceptors (Lipinski definition) is 4. The summed E-state index contributed by atoms with van der Waals surface area (Å²) >= 11 is 5.56. The fourth-order valence-electron chi connectivity index (χ4n) is 3.26. The van der Waals surface area contributed by atoms with E-state index in [1.807, 2.05) is 9.25 Å². The van der Waals surface area contributed by atoms with Crippen LogP contribution >= 0.6 is 12.2 Å². The van der Waals surface area contributed by atoms with Crippen molar-refractivity contribution in [2.75, 3.05) is 11.4 Å². The predicted octanol–water partition coefficient (Wildman–Crippen LogP) is 3.04. The van der Waals surface area contributed by atoms with E-state index in [4.69, 9.17) is 12.2 Å². The number of rotatable bonds is 5. The molecule has 0 saturated heterocycles. The van der Waals surface area contributed by atoms with Crippen LogP contribution in [0.4, 0.5) is 5.69 Å². The number of aromatic nitrogens is 3. The lowest BCUT2D eigenvalue weighted by Gasteiger charge is -2.31. The van der Waals surface area contributed by atoms with E-state index in [9.17, 15) is 5.11 Å². The molecule has 1 aliphatic rings. The van der Waals surface area contributed by atoms with Crippen LogP contribution in [-0.4, -0.2) is 26.0 Å². The second-order valence-electron chi connectivity index (χ2n) is 6.15. The predicted molar refractivity (Wildman–Crippen MR) is 94.1 cm³/mol. The first-order chi connectivity index (χ1) is 11.1. The highest BCUT2D eigenvalue weighted by atomic mass is 32.1. The standard InChI is InChI=1S/C17H24N4OS/c1-3-8-20-16(11-22)18-21(17(20)23)12-19-9-4-5-14-10-13(2)6-7-15(14)19/h6-7,10,22H,3-5,8-9,11-12H2,1-2H3. The number of fused-ring (bicyclic) bond motifs is 1. The van der Waals surface area contributed by atoms with Crippen molar-refractivity contribution in [3.63, 3.8) is 0 Å². The van der Waals surface area contributed by atoms with Crippen LogP contribution in [0.2, 0.25) is 0 Å². The van der Waals surface area contributed by atoms with E-state index in [1.54, 1.807) is 0 Å². The summed E-state index contributed by atoms with van der Waals surface area (Å²) in [5, 5.41) is 14.0. The first-order valence-electron chi connectivity index (χ1n) is 8.26. The number of nitrogens with zero attached hydrogens (tertiary/aromatic N) is 4. The maximum atomic E-state index is 9.52. The van der Waals surface area contributed by atoms with E-state index in [1.165, 1.54) is 16.8 Å². The van der Waals surface area contributed by atoms with Crippen LogP contribution in [0.15, 0.2) is 18.2 Å². The first kappa shape index (κ1) is 16.2. The van der Waals surface area contributed by atoms with Gasteiger partial charge in [0.25, 0.3) is 0 Å². The Morgan fingerprint density at radius 3 is 2.91 bits per heavy atom. The van der Waals surface area contributed by atoms with Gasteiger partial charge in [-0.05, 0) is 50.0 Å². The van der Waals surface area contributed by atoms with Crippen LogP contribution in [0.3, 0.4) is 0 Å². The van der Waals surface area contributed by atoms with Gasteiger partial charge in [-0.25, -0.2) is 4.68 Å². The smallest absolute Gasteiger partial charge is 0.199 e. The molecule has 0 fully saturated rings. The second-order valence-corrected chi connectivity index (χ2v) is 6.51. The highest BCUT2D eigenvalue weighted by molar-refractivity contribution is 7.71. The molecule has 0 saturated carbocycles. The van der Waals surface area contributed by atoms with E-state index in [0.717, 1.165) is 32.4 Å². The molecule has 6 heteroatoms. The Balaban J connectivity index is 1.91. The highest BCUT2D eigenvalue weighted by Crippen LogP contribution is 2.28. The molecular weight excluding hydrogens is 308 g/mol. The van der Waals surface area contributed by atoms with Crippen molar-refractivity contribution in [3.05, 3.63) is 39.9 Å². The van der Waals surface area contributed by atoms with E-state index < -0.39 is 0 Å². The lowest BCUT2D eigenvalue weighted by molar-refractivity contribution is 0.263. The van der Waals surface area contributed by atoms with Crippen molar-refractivity contribution in [3.8, 4) is 0 Å². The molecule has 5 nitrogen and oxygen atoms in total. The molecule has 3 rings (SSSR count). The third-order valence-electron chi connectivity index (χ3n) is 4.34. The van der Waals surface area contributed by atoms with Gasteiger partial charge in [-0.3, -0.25) is 0 Å². The van der Waals surface area contributed by atoms with Crippen LogP contribution in [-0.2, 0) is 26.2 Å². The molecule has 2 aromatic rings. The van der Waals surface area contributed by atoms with Gasteiger partial charge in [-0.2, -0.15) is 5.10 Å². The zero-order valence-corrected chi connectivity index (χ0v) is 14.6. The molecule has 0 amide bonds. The summed E-state index contributed by atoms with van der Waals surface area (Å²) in [4.78, 5) is 2.33. The summed E-state index contributed by atoms with van der Waals surface area (Å²) < 4.78 is 4.47. The summed E-state index contributed by atoms with van der Waals surface area (Å²) in [6, 6.07) is 6.63. The fourth-order valence-corrected chi connectivity index (χ4v) is 3.55. The minimum absolute atomic E-state index is 0.0770. The van der Waals surface area contributed by atoms with E-state index >= 15 is 0 Å². The summed E-state index contributed by atoms with van der Waals surface area (Å²) in [6.45, 7) is 6.60. The Morgan fingerprint density at radius 2 is 2.17 bits per heavy atom. The molecule has 23 heavy (non-hydrogen) atoms. The third-order valence-corrected chi connectivity index (χ3v) is 4.77. The third kappa shape index (κ3) is 3.19. The molecule has 0 aliphatic carbocycles. The number of anilines is 1. The molecule has 1 aromatic heterocycles. The van der Waals surface area contributed by atoms with Gasteiger partial charge in [0, 0.05) is 18.8 Å². The maximum Gasteiger partial charge on any atom is 0.199 e. The van der Waals surface area contributed by atoms with E-state index in [2.05, 4.69) is 42.0 Å². The van der Waals surface area contributed by atoms with Gasteiger partial charge in [0.2, 0.25) is 0 Å². The lowest BCUT2D eigenvalue weighted by Crippen LogP contribution is -2.32. The number of aliphatic hydroxyl groups excluding tert-OH is 1. The van der Waals surface area contributed by atoms with Gasteiger partial charge < -0.3 is 14.6 Å². The summed E-state index contributed by atoms with van der Waals surface area (Å²) in [7, 11) is 0. The minimum Gasteiger partial charge on any atom is -0.388 e. The van der Waals surface area contributed by atoms with Crippen molar-refractivity contribution >= 4 is 17.9 Å². The van der Waals surface area contributed by atoms with Crippen LogP contribution in [0.1, 0.15) is 36.7 Å². The number of hydrogen-bond donors (Lipinski definition) is 1. The first-order valence-corrected chi connectivity index (χ1v) is 8.66. The van der Waals surface area contributed by atoms with Crippen molar-refractivity contribution in [2.24, 2.45) is 0 Å². The summed E-state index contributed by atoms with van der Waals surface area (Å²) in [5.41, 5.74) is 3.98. The minimum atomic E-state index is -0.0770. The maximum absolute atomic E-state index is 9.52. The van der Waals surface area contributed by atoms with Gasteiger partial charge in [0.1, 0.15) is 13.3 Å². The fraction of sp³-hybridized carbons (Fsp3) is 0.529. The molecule has 124 valence electrons. The van der Waals surface area contributed by atoms with Gasteiger partial charge in [-0.1, -0.05) is 24.6 Å². The van der Waals surface area contributed by atoms with Crippen molar-refractivity contribution in [1.82, 2.24) is 14.3 Å². The molecule has 0 radical (unpaired) electrons. The topological polar surface area (TPSA) is 46.2 Å². The quantitative estimate of drug-likeness (QED) is 0.855. The molecule has 0 unspecified atom stereocenters. The Labute approximate surface area is 142 Å². The summed E-state index contributed by atoms with van der Waals surface area (Å²) in [6.07, 6.45) is 3.25. The van der Waals surface area contributed by atoms with Crippen molar-refractivity contribution < 1.29 is 5.11 Å². The SMILES string of the molecule is CCCn1c(CO)nn(CN2CCCc3cc(C)ccc32)c1=S. The highest BCUT2D eigenvalue weighted by Gasteiger charge is 2.19. The van der Waals surface area contributed by atoms with Crippen molar-refractivity contribution in [1.29, 1.82) is 0 Å². The molecular formula is C17H24N4OS. The van der Waals surface area contributed by atoms with Crippen LogP contribution in [0.25, 0.3) is 0 Å². The second kappa shape index (κ2) is 6.84. The zero-order chi connectivity index (χ0) is 16.4. The molecule has 0 spiro atoms. The number of benzene rings is 1. The Kier molecular flexibility index (Phi) is 4.82. The van der Waals surface area contributed by atoms with Crippen LogP contribution in [0.5, 0.6) is 0 Å². The lowest BCUT2D eigenvalue weighted by atomic mass is 10.00. The Hall–Kier alpha value is -1.66. The van der Waals surface area contributed by atoms with Gasteiger partial charge in [0.15, 0.2) is 10.6 Å². The van der Waals surface area contributed by atoms with Gasteiger partial charge in [0.05, 0.1) is 0 Å². The molecule has 1 aromatic carbocycles.